The summed E-state index contributed by atoms with van der Waals surface area (Å²) in [6.07, 6.45) is 3.01. The number of unbranched alkanes of at least 4 members (excludes halogenated alkanes) is 1. The number of carboxylic acids is 1. The SMILES string of the molecule is Cc1cccc(C[C@H](Nc2ccc3c(c2)C(=O)OC3)C(=O)N[C@H](C#N)CCCCc2cccc(C(=O)O)c2)c1. The molecule has 0 radical (unpaired) electrons. The summed E-state index contributed by atoms with van der Waals surface area (Å²) in [6.45, 7) is 2.23. The van der Waals surface area contributed by atoms with Crippen LogP contribution in [0.4, 0.5) is 5.69 Å². The number of hydrogen-bond acceptors (Lipinski definition) is 6. The lowest BCUT2D eigenvalue weighted by atomic mass is 10.0. The van der Waals surface area contributed by atoms with Gasteiger partial charge in [0.15, 0.2) is 0 Å². The minimum absolute atomic E-state index is 0.247. The van der Waals surface area contributed by atoms with Crippen molar-refractivity contribution < 1.29 is 24.2 Å². The molecule has 0 aliphatic carbocycles. The summed E-state index contributed by atoms with van der Waals surface area (Å²) in [6, 6.07) is 20.9. The number of ether oxygens (including phenoxy) is 1. The van der Waals surface area contributed by atoms with Gasteiger partial charge in [-0.05, 0) is 68.0 Å². The van der Waals surface area contributed by atoms with Gasteiger partial charge in [-0.15, -0.1) is 0 Å². The van der Waals surface area contributed by atoms with Crippen molar-refractivity contribution in [1.82, 2.24) is 5.32 Å². The number of amides is 1. The minimum Gasteiger partial charge on any atom is -0.478 e. The van der Waals surface area contributed by atoms with Crippen molar-refractivity contribution in [3.8, 4) is 6.07 Å². The number of aromatic carboxylic acids is 1. The Kier molecular flexibility index (Phi) is 8.95. The third kappa shape index (κ3) is 7.45. The van der Waals surface area contributed by atoms with Crippen LogP contribution < -0.4 is 10.6 Å². The van der Waals surface area contributed by atoms with E-state index in [2.05, 4.69) is 16.7 Å². The number of fused-ring (bicyclic) bond motifs is 1. The Bertz CT molecular complexity index is 1410. The maximum Gasteiger partial charge on any atom is 0.338 e. The van der Waals surface area contributed by atoms with Crippen molar-refractivity contribution in [3.63, 3.8) is 0 Å². The minimum atomic E-state index is -0.960. The van der Waals surface area contributed by atoms with E-state index in [4.69, 9.17) is 9.84 Å². The molecule has 3 aromatic rings. The highest BCUT2D eigenvalue weighted by atomic mass is 16.5. The number of carbonyl (C=O) groups is 3. The molecule has 8 heteroatoms. The largest absolute Gasteiger partial charge is 0.478 e. The van der Waals surface area contributed by atoms with Crippen LogP contribution in [0.1, 0.15) is 62.2 Å². The lowest BCUT2D eigenvalue weighted by Crippen LogP contribution is -2.45. The van der Waals surface area contributed by atoms with Gasteiger partial charge in [0.25, 0.3) is 0 Å². The Morgan fingerprint density at radius 1 is 1.05 bits per heavy atom. The monoisotopic (exact) mass is 525 g/mol. The van der Waals surface area contributed by atoms with Crippen LogP contribution in [0.15, 0.2) is 66.7 Å². The lowest BCUT2D eigenvalue weighted by molar-refractivity contribution is -0.122. The number of carbonyl (C=O) groups excluding carboxylic acids is 2. The Morgan fingerprint density at radius 3 is 2.62 bits per heavy atom. The predicted molar refractivity (Wildman–Crippen MR) is 146 cm³/mol. The van der Waals surface area contributed by atoms with Gasteiger partial charge in [0, 0.05) is 17.7 Å². The first-order valence-electron chi connectivity index (χ1n) is 13.0. The molecule has 8 nitrogen and oxygen atoms in total. The number of cyclic esters (lactones) is 1. The molecule has 0 aromatic heterocycles. The Hall–Kier alpha value is -4.64. The summed E-state index contributed by atoms with van der Waals surface area (Å²) in [5, 5.41) is 25.0. The number of nitriles is 1. The number of rotatable bonds is 12. The first-order valence-corrected chi connectivity index (χ1v) is 13.0. The Balaban J connectivity index is 1.39. The molecule has 3 N–H and O–H groups in total. The molecule has 200 valence electrons. The van der Waals surface area contributed by atoms with Crippen LogP contribution in [0, 0.1) is 18.3 Å². The molecule has 0 bridgehead atoms. The molecule has 1 aliphatic heterocycles. The molecule has 0 saturated carbocycles. The lowest BCUT2D eigenvalue weighted by Gasteiger charge is -2.22. The molecule has 4 rings (SSSR count). The summed E-state index contributed by atoms with van der Waals surface area (Å²) in [4.78, 5) is 36.6. The van der Waals surface area contributed by atoms with Crippen LogP contribution >= 0.6 is 0 Å². The molecule has 1 heterocycles. The van der Waals surface area contributed by atoms with Crippen molar-refractivity contribution in [2.45, 2.75) is 57.7 Å². The second-order valence-electron chi connectivity index (χ2n) is 9.78. The summed E-state index contributed by atoms with van der Waals surface area (Å²) >= 11 is 0. The smallest absolute Gasteiger partial charge is 0.338 e. The average molecular weight is 526 g/mol. The molecule has 2 atom stereocenters. The van der Waals surface area contributed by atoms with Crippen molar-refractivity contribution in [3.05, 3.63) is 100 Å². The van der Waals surface area contributed by atoms with Crippen molar-refractivity contribution >= 4 is 23.5 Å². The number of esters is 1. The molecule has 0 fully saturated rings. The molecule has 39 heavy (non-hydrogen) atoms. The number of nitrogens with one attached hydrogen (secondary N) is 2. The van der Waals surface area contributed by atoms with E-state index in [1.807, 2.05) is 49.4 Å². The second kappa shape index (κ2) is 12.7. The molecule has 0 unspecified atom stereocenters. The first-order chi connectivity index (χ1) is 18.8. The fourth-order valence-corrected chi connectivity index (χ4v) is 4.67. The van der Waals surface area contributed by atoms with Gasteiger partial charge in [-0.25, -0.2) is 9.59 Å². The highest BCUT2D eigenvalue weighted by Gasteiger charge is 2.25. The third-order valence-electron chi connectivity index (χ3n) is 6.72. The van der Waals surface area contributed by atoms with Crippen molar-refractivity contribution in [1.29, 1.82) is 5.26 Å². The summed E-state index contributed by atoms with van der Waals surface area (Å²) in [5.74, 6) is -1.65. The van der Waals surface area contributed by atoms with Crippen molar-refractivity contribution in [2.75, 3.05) is 5.32 Å². The van der Waals surface area contributed by atoms with Crippen LogP contribution in [-0.2, 0) is 29.0 Å². The maximum absolute atomic E-state index is 13.4. The standard InChI is InChI=1S/C31H31N3O5/c1-20-6-4-9-22(14-20)16-28(33-25-13-12-24-19-39-31(38)27(24)17-25)29(35)34-26(18-32)11-3-2-7-21-8-5-10-23(15-21)30(36)37/h4-6,8-10,12-15,17,26,28,33H,2-3,7,11,16,19H2,1H3,(H,34,35)(H,36,37)/t26-,28-/m0/s1. The third-order valence-corrected chi connectivity index (χ3v) is 6.72. The topological polar surface area (TPSA) is 129 Å². The van der Waals surface area contributed by atoms with Gasteiger partial charge >= 0.3 is 11.9 Å². The van der Waals surface area contributed by atoms with Crippen LogP contribution in [0.5, 0.6) is 0 Å². The number of aryl methyl sites for hydroxylation is 2. The van der Waals surface area contributed by atoms with Gasteiger partial charge in [0.2, 0.25) is 5.91 Å². The number of anilines is 1. The number of benzene rings is 3. The van der Waals surface area contributed by atoms with Gasteiger partial charge < -0.3 is 20.5 Å². The molecule has 3 aromatic carbocycles. The van der Waals surface area contributed by atoms with Crippen LogP contribution in [0.2, 0.25) is 0 Å². The molecular formula is C31H31N3O5. The van der Waals surface area contributed by atoms with E-state index in [1.165, 1.54) is 0 Å². The van der Waals surface area contributed by atoms with Gasteiger partial charge in [0.1, 0.15) is 18.7 Å². The Morgan fingerprint density at radius 2 is 1.85 bits per heavy atom. The quantitative estimate of drug-likeness (QED) is 0.229. The zero-order valence-corrected chi connectivity index (χ0v) is 21.8. The first kappa shape index (κ1) is 27.4. The van der Waals surface area contributed by atoms with E-state index in [0.717, 1.165) is 28.7 Å². The van der Waals surface area contributed by atoms with E-state index >= 15 is 0 Å². The normalized spacial score (nSPS) is 13.5. The highest BCUT2D eigenvalue weighted by molar-refractivity contribution is 5.95. The summed E-state index contributed by atoms with van der Waals surface area (Å²) in [5.41, 5.74) is 5.15. The Labute approximate surface area is 227 Å². The number of carboxylic acid groups (broad SMARTS) is 1. The fourth-order valence-electron chi connectivity index (χ4n) is 4.67. The average Bonchev–Trinajstić information content (AvgIpc) is 3.30. The van der Waals surface area contributed by atoms with Gasteiger partial charge in [-0.2, -0.15) is 5.26 Å². The zero-order chi connectivity index (χ0) is 27.8. The van der Waals surface area contributed by atoms with Crippen LogP contribution in [-0.4, -0.2) is 35.0 Å². The molecule has 1 amide bonds. The van der Waals surface area contributed by atoms with Crippen molar-refractivity contribution in [2.24, 2.45) is 0 Å². The number of nitrogens with zero attached hydrogens (tertiary/aromatic N) is 1. The van der Waals surface area contributed by atoms with Gasteiger partial charge in [-0.3, -0.25) is 4.79 Å². The van der Waals surface area contributed by atoms with E-state index in [-0.39, 0.29) is 24.0 Å². The van der Waals surface area contributed by atoms with E-state index in [0.29, 0.717) is 36.9 Å². The fraction of sp³-hybridized carbons (Fsp3) is 0.290. The molecule has 1 aliphatic rings. The number of hydrogen-bond donors (Lipinski definition) is 3. The second-order valence-corrected chi connectivity index (χ2v) is 9.78. The highest BCUT2D eigenvalue weighted by Crippen LogP contribution is 2.24. The van der Waals surface area contributed by atoms with Gasteiger partial charge in [-0.1, -0.05) is 48.0 Å². The summed E-state index contributed by atoms with van der Waals surface area (Å²) in [7, 11) is 0. The van der Waals surface area contributed by atoms with Gasteiger partial charge in [0.05, 0.1) is 17.2 Å². The zero-order valence-electron chi connectivity index (χ0n) is 21.8. The van der Waals surface area contributed by atoms with E-state index in [9.17, 15) is 19.6 Å². The van der Waals surface area contributed by atoms with Crippen LogP contribution in [0.3, 0.4) is 0 Å². The van der Waals surface area contributed by atoms with E-state index in [1.54, 1.807) is 24.3 Å². The molecule has 0 spiro atoms. The predicted octanol–water partition coefficient (Wildman–Crippen LogP) is 4.81. The van der Waals surface area contributed by atoms with E-state index < -0.39 is 18.1 Å². The molecular weight excluding hydrogens is 494 g/mol. The maximum atomic E-state index is 13.4. The molecule has 0 saturated heterocycles. The summed E-state index contributed by atoms with van der Waals surface area (Å²) < 4.78 is 5.09. The van der Waals surface area contributed by atoms with Crippen LogP contribution in [0.25, 0.3) is 0 Å².